The van der Waals surface area contributed by atoms with E-state index in [1.165, 1.54) is 4.90 Å². The fourth-order valence-electron chi connectivity index (χ4n) is 2.65. The van der Waals surface area contributed by atoms with Crippen LogP contribution in [0.15, 0.2) is 18.2 Å². The van der Waals surface area contributed by atoms with Gasteiger partial charge in [-0.25, -0.2) is 4.39 Å². The number of anilines is 1. The molecule has 2 rings (SSSR count). The molecule has 1 heterocycles. The molecule has 1 fully saturated rings. The van der Waals surface area contributed by atoms with Crippen molar-refractivity contribution in [3.05, 3.63) is 29.6 Å². The molecule has 0 aromatic heterocycles. The zero-order chi connectivity index (χ0) is 18.1. The molecule has 132 valence electrons. The summed E-state index contributed by atoms with van der Waals surface area (Å²) in [6.07, 6.45) is -3.63. The SMILES string of the molecule is CC(C)C(=O)N1CCC[C@@H]1C(=O)Nc1cc(C(F)(F)F)ccc1F. The molecule has 1 saturated heterocycles. The van der Waals surface area contributed by atoms with Crippen LogP contribution in [0.4, 0.5) is 23.2 Å². The highest BCUT2D eigenvalue weighted by Crippen LogP contribution is 2.32. The van der Waals surface area contributed by atoms with Gasteiger partial charge in [-0.3, -0.25) is 9.59 Å². The van der Waals surface area contributed by atoms with Gasteiger partial charge >= 0.3 is 6.18 Å². The summed E-state index contributed by atoms with van der Waals surface area (Å²) >= 11 is 0. The maximum Gasteiger partial charge on any atom is 0.416 e. The lowest BCUT2D eigenvalue weighted by Gasteiger charge is -2.25. The van der Waals surface area contributed by atoms with Gasteiger partial charge in [0.05, 0.1) is 11.3 Å². The number of hydrogen-bond acceptors (Lipinski definition) is 2. The van der Waals surface area contributed by atoms with Crippen LogP contribution in [-0.4, -0.2) is 29.3 Å². The van der Waals surface area contributed by atoms with E-state index < -0.39 is 35.2 Å². The molecule has 0 bridgehead atoms. The van der Waals surface area contributed by atoms with Crippen LogP contribution in [0.2, 0.25) is 0 Å². The van der Waals surface area contributed by atoms with E-state index in [0.29, 0.717) is 37.6 Å². The van der Waals surface area contributed by atoms with Crippen molar-refractivity contribution in [3.8, 4) is 0 Å². The van der Waals surface area contributed by atoms with E-state index in [2.05, 4.69) is 5.32 Å². The molecule has 0 saturated carbocycles. The first kappa shape index (κ1) is 18.2. The molecule has 0 spiro atoms. The summed E-state index contributed by atoms with van der Waals surface area (Å²) in [5, 5.41) is 2.18. The van der Waals surface area contributed by atoms with Crippen LogP contribution in [-0.2, 0) is 15.8 Å². The van der Waals surface area contributed by atoms with E-state index in [1.807, 2.05) is 0 Å². The number of hydrogen-bond donors (Lipinski definition) is 1. The summed E-state index contributed by atoms with van der Waals surface area (Å²) in [5.74, 6) is -2.16. The molecule has 8 heteroatoms. The maximum absolute atomic E-state index is 13.7. The Kier molecular flexibility index (Phi) is 5.15. The monoisotopic (exact) mass is 346 g/mol. The van der Waals surface area contributed by atoms with Gasteiger partial charge in [0.15, 0.2) is 0 Å². The van der Waals surface area contributed by atoms with E-state index in [9.17, 15) is 27.2 Å². The molecule has 0 aliphatic carbocycles. The summed E-state index contributed by atoms with van der Waals surface area (Å²) in [7, 11) is 0. The van der Waals surface area contributed by atoms with Gasteiger partial charge in [-0.05, 0) is 31.0 Å². The van der Waals surface area contributed by atoms with Crippen LogP contribution in [0.1, 0.15) is 32.3 Å². The molecule has 0 unspecified atom stereocenters. The van der Waals surface area contributed by atoms with Gasteiger partial charge < -0.3 is 10.2 Å². The van der Waals surface area contributed by atoms with Crippen LogP contribution in [0.3, 0.4) is 0 Å². The third kappa shape index (κ3) is 3.85. The molecule has 24 heavy (non-hydrogen) atoms. The van der Waals surface area contributed by atoms with E-state index in [1.54, 1.807) is 13.8 Å². The van der Waals surface area contributed by atoms with E-state index in [4.69, 9.17) is 0 Å². The Morgan fingerprint density at radius 1 is 1.29 bits per heavy atom. The van der Waals surface area contributed by atoms with Crippen molar-refractivity contribution >= 4 is 17.5 Å². The van der Waals surface area contributed by atoms with Crippen LogP contribution in [0.25, 0.3) is 0 Å². The molecule has 1 atom stereocenters. The minimum Gasteiger partial charge on any atom is -0.330 e. The largest absolute Gasteiger partial charge is 0.416 e. The van der Waals surface area contributed by atoms with Gasteiger partial charge in [0, 0.05) is 12.5 Å². The number of carbonyl (C=O) groups is 2. The lowest BCUT2D eigenvalue weighted by atomic mass is 10.1. The molecule has 1 aromatic carbocycles. The second-order valence-corrected chi connectivity index (χ2v) is 6.03. The van der Waals surface area contributed by atoms with Crippen molar-refractivity contribution < 1.29 is 27.2 Å². The molecular formula is C16H18F4N2O2. The highest BCUT2D eigenvalue weighted by Gasteiger charge is 2.36. The van der Waals surface area contributed by atoms with Crippen molar-refractivity contribution in [1.29, 1.82) is 0 Å². The van der Waals surface area contributed by atoms with Gasteiger partial charge in [-0.1, -0.05) is 13.8 Å². The van der Waals surface area contributed by atoms with Gasteiger partial charge in [0.2, 0.25) is 11.8 Å². The average molecular weight is 346 g/mol. The number of benzene rings is 1. The lowest BCUT2D eigenvalue weighted by molar-refractivity contribution is -0.139. The number of amides is 2. The predicted molar refractivity (Wildman–Crippen MR) is 79.6 cm³/mol. The fraction of sp³-hybridized carbons (Fsp3) is 0.500. The second-order valence-electron chi connectivity index (χ2n) is 6.03. The summed E-state index contributed by atoms with van der Waals surface area (Å²) in [6.45, 7) is 3.80. The quantitative estimate of drug-likeness (QED) is 0.853. The van der Waals surface area contributed by atoms with E-state index in [0.717, 1.165) is 0 Å². The molecule has 2 amide bonds. The normalized spacial score (nSPS) is 18.1. The third-order valence-corrected chi connectivity index (χ3v) is 3.88. The smallest absolute Gasteiger partial charge is 0.330 e. The zero-order valence-electron chi connectivity index (χ0n) is 13.3. The Hall–Kier alpha value is -2.12. The van der Waals surface area contributed by atoms with Crippen LogP contribution >= 0.6 is 0 Å². The van der Waals surface area contributed by atoms with Crippen LogP contribution in [0.5, 0.6) is 0 Å². The number of likely N-dealkylation sites (tertiary alicyclic amines) is 1. The van der Waals surface area contributed by atoms with E-state index >= 15 is 0 Å². The van der Waals surface area contributed by atoms with E-state index in [-0.39, 0.29) is 11.8 Å². The third-order valence-electron chi connectivity index (χ3n) is 3.88. The van der Waals surface area contributed by atoms with Crippen molar-refractivity contribution in [1.82, 2.24) is 4.90 Å². The summed E-state index contributed by atoms with van der Waals surface area (Å²) in [4.78, 5) is 25.8. The fourth-order valence-corrected chi connectivity index (χ4v) is 2.65. The minimum absolute atomic E-state index is 0.211. The van der Waals surface area contributed by atoms with Gasteiger partial charge in [-0.15, -0.1) is 0 Å². The Morgan fingerprint density at radius 2 is 1.96 bits per heavy atom. The Labute approximate surface area is 136 Å². The average Bonchev–Trinajstić information content (AvgIpc) is 2.96. The van der Waals surface area contributed by atoms with Crippen LogP contribution < -0.4 is 5.32 Å². The predicted octanol–water partition coefficient (Wildman–Crippen LogP) is 3.43. The first-order chi connectivity index (χ1) is 11.1. The van der Waals surface area contributed by atoms with Crippen molar-refractivity contribution in [2.45, 2.75) is 38.9 Å². The molecule has 1 aromatic rings. The Bertz CT molecular complexity index is 643. The van der Waals surface area contributed by atoms with Gasteiger partial charge in [0.1, 0.15) is 11.9 Å². The molecule has 1 aliphatic rings. The van der Waals surface area contributed by atoms with Crippen molar-refractivity contribution in [2.24, 2.45) is 5.92 Å². The number of rotatable bonds is 3. The second kappa shape index (κ2) is 6.78. The zero-order valence-corrected chi connectivity index (χ0v) is 13.3. The Morgan fingerprint density at radius 3 is 2.54 bits per heavy atom. The summed E-state index contributed by atoms with van der Waals surface area (Å²) in [6, 6.07) is 1.02. The van der Waals surface area contributed by atoms with Crippen molar-refractivity contribution in [2.75, 3.05) is 11.9 Å². The topological polar surface area (TPSA) is 49.4 Å². The number of halogens is 4. The molecule has 4 nitrogen and oxygen atoms in total. The maximum atomic E-state index is 13.7. The molecule has 1 aliphatic heterocycles. The number of carbonyl (C=O) groups excluding carboxylic acids is 2. The summed E-state index contributed by atoms with van der Waals surface area (Å²) < 4.78 is 51.8. The molecule has 1 N–H and O–H groups in total. The first-order valence-corrected chi connectivity index (χ1v) is 7.59. The molecule has 0 radical (unpaired) electrons. The Balaban J connectivity index is 2.19. The van der Waals surface area contributed by atoms with Gasteiger partial charge in [-0.2, -0.15) is 13.2 Å². The van der Waals surface area contributed by atoms with Gasteiger partial charge in [0.25, 0.3) is 0 Å². The number of nitrogens with zero attached hydrogens (tertiary/aromatic N) is 1. The standard InChI is InChI=1S/C16H18F4N2O2/c1-9(2)15(24)22-7-3-4-13(22)14(23)21-12-8-10(16(18,19)20)5-6-11(12)17/h5-6,8-9,13H,3-4,7H2,1-2H3,(H,21,23)/t13-/m1/s1. The molecular weight excluding hydrogens is 328 g/mol. The highest BCUT2D eigenvalue weighted by atomic mass is 19.4. The van der Waals surface area contributed by atoms with Crippen LogP contribution in [0, 0.1) is 11.7 Å². The minimum atomic E-state index is -4.64. The van der Waals surface area contributed by atoms with Crippen molar-refractivity contribution in [3.63, 3.8) is 0 Å². The first-order valence-electron chi connectivity index (χ1n) is 7.59. The highest BCUT2D eigenvalue weighted by molar-refractivity contribution is 5.97. The number of alkyl halides is 3. The lowest BCUT2D eigenvalue weighted by Crippen LogP contribution is -2.44. The number of nitrogens with one attached hydrogen (secondary N) is 1. The summed E-state index contributed by atoms with van der Waals surface area (Å²) in [5.41, 5.74) is -1.60.